The van der Waals surface area contributed by atoms with Crippen molar-refractivity contribution in [2.45, 2.75) is 12.8 Å². The first-order chi connectivity index (χ1) is 12.1. The quantitative estimate of drug-likeness (QED) is 0.359. The Morgan fingerprint density at radius 3 is 1.40 bits per heavy atom. The minimum absolute atomic E-state index is 0.0516. The number of benzene rings is 2. The molecule has 0 spiro atoms. The van der Waals surface area contributed by atoms with Gasteiger partial charge in [0.2, 0.25) is 0 Å². The summed E-state index contributed by atoms with van der Waals surface area (Å²) in [4.78, 5) is 24.6. The number of halogens is 2. The zero-order valence-corrected chi connectivity index (χ0v) is 18.9. The molecule has 0 saturated heterocycles. The van der Waals surface area contributed by atoms with Crippen LogP contribution in [0.1, 0.15) is 12.8 Å². The zero-order valence-electron chi connectivity index (χ0n) is 13.5. The van der Waals surface area contributed by atoms with Crippen LogP contribution in [0.3, 0.4) is 0 Å². The molecule has 0 atom stereocenters. The Bertz CT molecular complexity index is 633. The topological polar surface area (TPSA) is 52.6 Å². The van der Waals surface area contributed by atoms with Crippen molar-refractivity contribution >= 4 is 63.5 Å². The minimum atomic E-state index is -4.69. The fourth-order valence-electron chi connectivity index (χ4n) is 2.32. The van der Waals surface area contributed by atoms with Crippen LogP contribution in [-0.2, 0) is 15.0 Å². The predicted molar refractivity (Wildman–Crippen MR) is 101 cm³/mol. The Kier molecular flexibility index (Phi) is 8.19. The molecule has 4 nitrogen and oxygen atoms in total. The molecular weight excluding hydrogens is 558 g/mol. The van der Waals surface area contributed by atoms with E-state index in [1.54, 1.807) is 0 Å². The van der Waals surface area contributed by atoms with Gasteiger partial charge in [-0.3, -0.25) is 0 Å². The van der Waals surface area contributed by atoms with Gasteiger partial charge < -0.3 is 0 Å². The molecule has 0 N–H and O–H groups in total. The second kappa shape index (κ2) is 10.1. The fourth-order valence-corrected chi connectivity index (χ4v) is 14.1. The van der Waals surface area contributed by atoms with Crippen LogP contribution in [0.5, 0.6) is 0 Å². The van der Waals surface area contributed by atoms with E-state index in [9.17, 15) is 9.59 Å². The molecule has 0 saturated carbocycles. The van der Waals surface area contributed by atoms with Gasteiger partial charge >= 0.3 is 164 Å². The number of carbonyl (C=O) groups is 2. The Morgan fingerprint density at radius 2 is 1.08 bits per heavy atom. The van der Waals surface area contributed by atoms with Crippen LogP contribution < -0.4 is 6.25 Å². The number of rotatable bonds is 8. The van der Waals surface area contributed by atoms with Gasteiger partial charge in [-0.15, -0.1) is 0 Å². The zero-order chi connectivity index (χ0) is 18.1. The maximum atomic E-state index is 12.3. The maximum absolute atomic E-state index is 12.3. The molecule has 0 bridgehead atoms. The third-order valence-electron chi connectivity index (χ3n) is 3.42. The summed E-state index contributed by atoms with van der Waals surface area (Å²) in [5, 5.41) is 0. The third kappa shape index (κ3) is 5.43. The summed E-state index contributed by atoms with van der Waals surface area (Å²) in [6.07, 6.45) is 0.103. The number of carbonyl (C=O) groups excluding carboxylic acids is 2. The molecule has 25 heavy (non-hydrogen) atoms. The van der Waals surface area contributed by atoms with Gasteiger partial charge in [0.05, 0.1) is 0 Å². The number of hydrogen-bond donors (Lipinski definition) is 0. The van der Waals surface area contributed by atoms with Crippen molar-refractivity contribution in [3.8, 4) is 0 Å². The van der Waals surface area contributed by atoms with Crippen molar-refractivity contribution in [3.63, 3.8) is 0 Å². The van der Waals surface area contributed by atoms with Gasteiger partial charge in [-0.05, 0) is 0 Å². The molecule has 0 aliphatic heterocycles. The molecule has 7 heteroatoms. The normalized spacial score (nSPS) is 11.0. The van der Waals surface area contributed by atoms with Gasteiger partial charge in [0, 0.05) is 0 Å². The van der Waals surface area contributed by atoms with Crippen LogP contribution in [0.15, 0.2) is 60.7 Å². The van der Waals surface area contributed by atoms with E-state index in [-0.39, 0.29) is 24.6 Å². The van der Waals surface area contributed by atoms with Crippen molar-refractivity contribution in [1.82, 2.24) is 0 Å². The van der Waals surface area contributed by atoms with Gasteiger partial charge in [0.1, 0.15) is 0 Å². The average molecular weight is 576 g/mol. The molecule has 0 aromatic heterocycles. The van der Waals surface area contributed by atoms with Gasteiger partial charge in [0.25, 0.3) is 0 Å². The van der Waals surface area contributed by atoms with Crippen LogP contribution in [0, 0.1) is 0 Å². The molecule has 0 radical (unpaired) electrons. The molecule has 2 aromatic carbocycles. The van der Waals surface area contributed by atoms with Crippen molar-refractivity contribution in [2.75, 3.05) is 11.8 Å². The summed E-state index contributed by atoms with van der Waals surface area (Å²) in [7, 11) is 0. The van der Waals surface area contributed by atoms with E-state index in [4.69, 9.17) is 28.6 Å². The molecule has 0 fully saturated rings. The second-order valence-corrected chi connectivity index (χ2v) is 16.8. The molecule has 0 unspecified atom stereocenters. The molecular formula is C18H18Cl2O4Pb. The van der Waals surface area contributed by atoms with Crippen LogP contribution in [-0.4, -0.2) is 45.8 Å². The summed E-state index contributed by atoms with van der Waals surface area (Å²) in [6, 6.07) is 18.4. The molecule has 132 valence electrons. The summed E-state index contributed by atoms with van der Waals surface area (Å²) < 4.78 is 13.2. The van der Waals surface area contributed by atoms with E-state index >= 15 is 0 Å². The monoisotopic (exact) mass is 576 g/mol. The van der Waals surface area contributed by atoms with Gasteiger partial charge in [0.15, 0.2) is 0 Å². The number of alkyl halides is 2. The molecule has 2 aromatic rings. The summed E-state index contributed by atoms with van der Waals surface area (Å²) in [5.74, 6) is -0.657. The first-order valence-corrected chi connectivity index (χ1v) is 15.9. The second-order valence-electron chi connectivity index (χ2n) is 5.17. The van der Waals surface area contributed by atoms with E-state index in [0.29, 0.717) is 0 Å². The Hall–Kier alpha value is -1.12. The first-order valence-electron chi connectivity index (χ1n) is 7.79. The van der Waals surface area contributed by atoms with Crippen LogP contribution in [0.4, 0.5) is 0 Å². The number of hydrogen-bond acceptors (Lipinski definition) is 4. The van der Waals surface area contributed by atoms with Gasteiger partial charge in [-0.1, -0.05) is 0 Å². The van der Waals surface area contributed by atoms with Gasteiger partial charge in [-0.25, -0.2) is 0 Å². The van der Waals surface area contributed by atoms with E-state index in [1.165, 1.54) is 0 Å². The van der Waals surface area contributed by atoms with E-state index in [1.807, 2.05) is 60.7 Å². The molecule has 0 amide bonds. The van der Waals surface area contributed by atoms with Crippen molar-refractivity contribution < 1.29 is 15.0 Å². The summed E-state index contributed by atoms with van der Waals surface area (Å²) in [5.41, 5.74) is 0. The average Bonchev–Trinajstić information content (AvgIpc) is 2.63. The van der Waals surface area contributed by atoms with E-state index < -0.39 is 34.0 Å². The summed E-state index contributed by atoms with van der Waals surface area (Å²) >= 11 is 6.65. The third-order valence-corrected chi connectivity index (χ3v) is 16.3. The molecule has 0 heterocycles. The Balaban J connectivity index is 2.55. The molecule has 0 aliphatic rings. The van der Waals surface area contributed by atoms with Crippen molar-refractivity contribution in [1.29, 1.82) is 0 Å². The summed E-state index contributed by atoms with van der Waals surface area (Å²) in [6.45, 7) is 0. The fraction of sp³-hybridized carbons (Fsp3) is 0.222. The molecule has 0 aliphatic carbocycles. The standard InChI is InChI=1S/2C6H5.2C3H5ClO2.Pb/c2*1-2-4-6-5-3-1;2*4-2-1-3(5)6;/h2*1-5H;2*1-2H2,(H,5,6);/q;;;;+2/p-2. The van der Waals surface area contributed by atoms with Crippen LogP contribution >= 0.6 is 23.2 Å². The van der Waals surface area contributed by atoms with E-state index in [2.05, 4.69) is 0 Å². The van der Waals surface area contributed by atoms with Gasteiger partial charge in [-0.2, -0.15) is 0 Å². The predicted octanol–water partition coefficient (Wildman–Crippen LogP) is 2.59. The Labute approximate surface area is 163 Å². The Morgan fingerprint density at radius 1 is 0.720 bits per heavy atom. The van der Waals surface area contributed by atoms with Crippen LogP contribution in [0.2, 0.25) is 0 Å². The van der Waals surface area contributed by atoms with Crippen LogP contribution in [0.25, 0.3) is 0 Å². The molecule has 2 rings (SSSR count). The van der Waals surface area contributed by atoms with E-state index in [0.717, 1.165) is 6.25 Å². The van der Waals surface area contributed by atoms with Crippen molar-refractivity contribution in [2.24, 2.45) is 0 Å². The van der Waals surface area contributed by atoms with Crippen molar-refractivity contribution in [3.05, 3.63) is 60.7 Å². The first kappa shape index (κ1) is 20.2. The SMILES string of the molecule is O=C(CCCl)[O][Pb]([O]C(=O)CCCl)([c]1ccccc1)[c]1ccccc1.